The van der Waals surface area contributed by atoms with Gasteiger partial charge in [0.25, 0.3) is 0 Å². The van der Waals surface area contributed by atoms with Crippen LogP contribution >= 0.6 is 0 Å². The lowest BCUT2D eigenvalue weighted by atomic mass is 9.74. The van der Waals surface area contributed by atoms with Gasteiger partial charge in [-0.2, -0.15) is 4.31 Å². The van der Waals surface area contributed by atoms with E-state index in [0.717, 1.165) is 30.5 Å². The van der Waals surface area contributed by atoms with Crippen molar-refractivity contribution in [2.24, 2.45) is 0 Å². The average molecular weight is 485 g/mol. The lowest BCUT2D eigenvalue weighted by molar-refractivity contribution is -0.0553. The summed E-state index contributed by atoms with van der Waals surface area (Å²) in [6.07, 6.45) is 1.68. The summed E-state index contributed by atoms with van der Waals surface area (Å²) in [5.41, 5.74) is 2.00. The number of fused-ring (bicyclic) bond motifs is 1. The van der Waals surface area contributed by atoms with Crippen LogP contribution in [0.4, 0.5) is 0 Å². The van der Waals surface area contributed by atoms with E-state index in [4.69, 9.17) is 9.47 Å². The van der Waals surface area contributed by atoms with Crippen molar-refractivity contribution < 1.29 is 23.0 Å². The van der Waals surface area contributed by atoms with E-state index in [2.05, 4.69) is 16.7 Å². The molecule has 2 heterocycles. The topological polar surface area (TPSA) is 79.3 Å². The number of nitrogens with zero attached hydrogens (tertiary/aromatic N) is 2. The first kappa shape index (κ1) is 24.7. The first-order valence-electron chi connectivity index (χ1n) is 11.6. The molecule has 2 aliphatic rings. The lowest BCUT2D eigenvalue weighted by Gasteiger charge is -2.57. The Hall–Kier alpha value is -2.41. The number of ether oxygens (including phenoxy) is 2. The molecule has 0 aromatic heterocycles. The van der Waals surface area contributed by atoms with Crippen LogP contribution in [0.5, 0.6) is 5.75 Å². The molecule has 3 unspecified atom stereocenters. The quantitative estimate of drug-likeness (QED) is 0.634. The Labute approximate surface area is 202 Å². The summed E-state index contributed by atoms with van der Waals surface area (Å²) in [6.45, 7) is 2.17. The van der Waals surface area contributed by atoms with Crippen molar-refractivity contribution in [2.45, 2.75) is 35.7 Å². The predicted molar refractivity (Wildman–Crippen MR) is 130 cm³/mol. The Morgan fingerprint density at radius 3 is 2.38 bits per heavy atom. The van der Waals surface area contributed by atoms with E-state index >= 15 is 0 Å². The molecule has 0 amide bonds. The fraction of sp³-hybridized carbons (Fsp3) is 0.462. The van der Waals surface area contributed by atoms with E-state index in [1.807, 2.05) is 24.3 Å². The highest BCUT2D eigenvalue weighted by molar-refractivity contribution is 7.89. The van der Waals surface area contributed by atoms with Crippen molar-refractivity contribution in [3.63, 3.8) is 0 Å². The molecule has 0 radical (unpaired) electrons. The van der Waals surface area contributed by atoms with Crippen LogP contribution in [-0.4, -0.2) is 81.9 Å². The van der Waals surface area contributed by atoms with Crippen molar-refractivity contribution in [3.05, 3.63) is 59.7 Å². The second-order valence-electron chi connectivity index (χ2n) is 8.68. The van der Waals surface area contributed by atoms with Crippen LogP contribution in [0.25, 0.3) is 0 Å². The van der Waals surface area contributed by atoms with E-state index in [-0.39, 0.29) is 29.5 Å². The number of hydrogen-bond donors (Lipinski definition) is 1. The van der Waals surface area contributed by atoms with E-state index in [1.165, 1.54) is 0 Å². The molecule has 34 heavy (non-hydrogen) atoms. The molecule has 0 saturated carbocycles. The van der Waals surface area contributed by atoms with Crippen LogP contribution in [0.1, 0.15) is 29.9 Å². The van der Waals surface area contributed by atoms with Gasteiger partial charge >= 0.3 is 0 Å². The number of hydrogen-bond acceptors (Lipinski definition) is 6. The second kappa shape index (κ2) is 10.9. The van der Waals surface area contributed by atoms with Crippen molar-refractivity contribution in [2.75, 3.05) is 47.1 Å². The zero-order valence-corrected chi connectivity index (χ0v) is 20.5. The van der Waals surface area contributed by atoms with Gasteiger partial charge in [-0.1, -0.05) is 24.0 Å². The molecule has 0 spiro atoms. The zero-order valence-electron chi connectivity index (χ0n) is 19.7. The van der Waals surface area contributed by atoms with Crippen LogP contribution in [0.2, 0.25) is 0 Å². The summed E-state index contributed by atoms with van der Waals surface area (Å²) in [5, 5.41) is 10.1. The van der Waals surface area contributed by atoms with Gasteiger partial charge in [0, 0.05) is 43.8 Å². The van der Waals surface area contributed by atoms with Crippen LogP contribution in [-0.2, 0) is 14.8 Å². The summed E-state index contributed by atoms with van der Waals surface area (Å²) in [5.74, 6) is 6.70. The molecule has 2 fully saturated rings. The van der Waals surface area contributed by atoms with E-state index in [0.29, 0.717) is 25.4 Å². The Balaban J connectivity index is 1.58. The molecule has 0 aliphatic carbocycles. The van der Waals surface area contributed by atoms with Gasteiger partial charge in [0.2, 0.25) is 10.0 Å². The summed E-state index contributed by atoms with van der Waals surface area (Å²) in [7, 11) is -0.468. The molecule has 0 bridgehead atoms. The Morgan fingerprint density at radius 1 is 1.03 bits per heavy atom. The third-order valence-electron chi connectivity index (χ3n) is 6.77. The zero-order chi connectivity index (χ0) is 24.1. The van der Waals surface area contributed by atoms with E-state index < -0.39 is 10.0 Å². The summed E-state index contributed by atoms with van der Waals surface area (Å²) >= 11 is 0. The highest BCUT2D eigenvalue weighted by Crippen LogP contribution is 2.42. The van der Waals surface area contributed by atoms with Gasteiger partial charge in [0.15, 0.2) is 0 Å². The van der Waals surface area contributed by atoms with Crippen molar-refractivity contribution in [1.82, 2.24) is 9.21 Å². The first-order chi connectivity index (χ1) is 16.5. The molecular weight excluding hydrogens is 452 g/mol. The molecule has 4 rings (SSSR count). The molecule has 7 nitrogen and oxygen atoms in total. The Bertz CT molecular complexity index is 1120. The number of methoxy groups -OCH3 is 2. The van der Waals surface area contributed by atoms with Gasteiger partial charge in [-0.25, -0.2) is 8.42 Å². The minimum absolute atomic E-state index is 0.0101. The molecule has 2 aromatic carbocycles. The molecule has 8 heteroatoms. The smallest absolute Gasteiger partial charge is 0.243 e. The molecular formula is C26H32N2O5S. The van der Waals surface area contributed by atoms with Gasteiger partial charge in [-0.15, -0.1) is 0 Å². The maximum atomic E-state index is 13.5. The van der Waals surface area contributed by atoms with Gasteiger partial charge in [-0.05, 0) is 61.3 Å². The van der Waals surface area contributed by atoms with Gasteiger partial charge in [0.05, 0.1) is 18.6 Å². The normalized spacial score (nSPS) is 23.6. The standard InChI is InChI=1S/C26H32N2O5S/c1-32-17-5-6-20-7-9-21(10-8-20)26-24-18-27(15-3-4-16-28(24)25(26)19-29)34(30,31)23-13-11-22(33-2)12-14-23/h7-14,24-26,29H,3-4,15-19H2,1-2H3. The molecule has 3 atom stereocenters. The molecule has 2 aliphatic heterocycles. The van der Waals surface area contributed by atoms with Crippen LogP contribution in [0.3, 0.4) is 0 Å². The largest absolute Gasteiger partial charge is 0.497 e. The van der Waals surface area contributed by atoms with Crippen LogP contribution < -0.4 is 4.74 Å². The SMILES string of the molecule is COCC#Cc1ccc(C2C(CO)N3CCCCN(S(=O)(=O)c4ccc(OC)cc4)CC23)cc1. The fourth-order valence-electron chi connectivity index (χ4n) is 5.02. The third kappa shape index (κ3) is 4.99. The first-order valence-corrected chi connectivity index (χ1v) is 13.0. The lowest BCUT2D eigenvalue weighted by Crippen LogP contribution is -2.67. The molecule has 2 aromatic rings. The van der Waals surface area contributed by atoms with Crippen molar-refractivity contribution >= 4 is 10.0 Å². The maximum Gasteiger partial charge on any atom is 0.243 e. The van der Waals surface area contributed by atoms with Gasteiger partial charge in [-0.3, -0.25) is 4.90 Å². The number of sulfonamides is 1. The van der Waals surface area contributed by atoms with Gasteiger partial charge in [0.1, 0.15) is 12.4 Å². The van der Waals surface area contributed by atoms with Crippen LogP contribution in [0, 0.1) is 11.8 Å². The van der Waals surface area contributed by atoms with Gasteiger partial charge < -0.3 is 14.6 Å². The number of benzene rings is 2. The molecule has 182 valence electrons. The summed E-state index contributed by atoms with van der Waals surface area (Å²) in [4.78, 5) is 2.54. The highest BCUT2D eigenvalue weighted by atomic mass is 32.2. The number of aliphatic hydroxyl groups is 1. The summed E-state index contributed by atoms with van der Waals surface area (Å²) in [6, 6.07) is 14.6. The Morgan fingerprint density at radius 2 is 1.74 bits per heavy atom. The average Bonchev–Trinajstić information content (AvgIpc) is 2.84. The summed E-state index contributed by atoms with van der Waals surface area (Å²) < 4.78 is 38.7. The maximum absolute atomic E-state index is 13.5. The molecule has 2 saturated heterocycles. The minimum atomic E-state index is -3.64. The molecule has 1 N–H and O–H groups in total. The predicted octanol–water partition coefficient (Wildman–Crippen LogP) is 2.31. The van der Waals surface area contributed by atoms with Crippen molar-refractivity contribution in [3.8, 4) is 17.6 Å². The van der Waals surface area contributed by atoms with E-state index in [9.17, 15) is 13.5 Å². The van der Waals surface area contributed by atoms with Crippen molar-refractivity contribution in [1.29, 1.82) is 0 Å². The minimum Gasteiger partial charge on any atom is -0.497 e. The second-order valence-corrected chi connectivity index (χ2v) is 10.6. The number of aliphatic hydroxyl groups excluding tert-OH is 1. The Kier molecular flexibility index (Phi) is 7.91. The van der Waals surface area contributed by atoms with Crippen LogP contribution in [0.15, 0.2) is 53.4 Å². The van der Waals surface area contributed by atoms with E-state index in [1.54, 1.807) is 42.8 Å². The fourth-order valence-corrected chi connectivity index (χ4v) is 6.52. The monoisotopic (exact) mass is 484 g/mol. The number of rotatable bonds is 6. The third-order valence-corrected chi connectivity index (χ3v) is 8.65. The highest BCUT2D eigenvalue weighted by Gasteiger charge is 2.50.